The molecule has 106 valence electrons. The van der Waals surface area contributed by atoms with Gasteiger partial charge in [-0.1, -0.05) is 30.3 Å². The van der Waals surface area contributed by atoms with E-state index in [0.717, 1.165) is 6.42 Å². The molecule has 0 aliphatic carbocycles. The van der Waals surface area contributed by atoms with E-state index in [1.807, 2.05) is 18.2 Å². The first kappa shape index (κ1) is 14.5. The summed E-state index contributed by atoms with van der Waals surface area (Å²) in [5.74, 6) is 0.103. The second kappa shape index (κ2) is 7.03. The van der Waals surface area contributed by atoms with Gasteiger partial charge >= 0.3 is 0 Å². The Labute approximate surface area is 119 Å². The maximum absolute atomic E-state index is 10.0. The second-order valence-electron chi connectivity index (χ2n) is 4.96. The van der Waals surface area contributed by atoms with Gasteiger partial charge in [0.1, 0.15) is 11.9 Å². The maximum Gasteiger partial charge on any atom is 0.133 e. The van der Waals surface area contributed by atoms with E-state index < -0.39 is 6.10 Å². The van der Waals surface area contributed by atoms with Gasteiger partial charge in [-0.15, -0.1) is 0 Å². The fraction of sp³-hybridized carbons (Fsp3) is 0.312. The highest BCUT2D eigenvalue weighted by molar-refractivity contribution is 5.19. The molecular weight excluding hydrogens is 252 g/mol. The number of hydrogen-bond acceptors (Lipinski definition) is 4. The molecule has 2 atom stereocenters. The zero-order valence-corrected chi connectivity index (χ0v) is 11.5. The van der Waals surface area contributed by atoms with Crippen molar-refractivity contribution in [1.29, 1.82) is 0 Å². The van der Waals surface area contributed by atoms with E-state index in [9.17, 15) is 5.11 Å². The van der Waals surface area contributed by atoms with Crippen molar-refractivity contribution >= 4 is 0 Å². The Hall–Kier alpha value is -1.91. The van der Waals surface area contributed by atoms with E-state index >= 15 is 0 Å². The van der Waals surface area contributed by atoms with E-state index in [1.165, 1.54) is 17.8 Å². The minimum Gasteiger partial charge on any atom is -0.506 e. The molecule has 0 saturated heterocycles. The fourth-order valence-corrected chi connectivity index (χ4v) is 2.05. The Kier molecular flexibility index (Phi) is 5.09. The number of aromatic hydroxyl groups is 1. The first-order chi connectivity index (χ1) is 9.65. The number of aliphatic hydroxyl groups is 1. The minimum absolute atomic E-state index is 0.103. The lowest BCUT2D eigenvalue weighted by Gasteiger charge is -2.17. The van der Waals surface area contributed by atoms with Crippen molar-refractivity contribution in [3.05, 3.63) is 59.9 Å². The van der Waals surface area contributed by atoms with Crippen LogP contribution in [0.25, 0.3) is 0 Å². The summed E-state index contributed by atoms with van der Waals surface area (Å²) < 4.78 is 0. The predicted octanol–water partition coefficient (Wildman–Crippen LogP) is 2.04. The van der Waals surface area contributed by atoms with Gasteiger partial charge in [-0.05, 0) is 31.0 Å². The van der Waals surface area contributed by atoms with Gasteiger partial charge in [0.2, 0.25) is 0 Å². The lowest BCUT2D eigenvalue weighted by atomic mass is 10.1. The summed E-state index contributed by atoms with van der Waals surface area (Å²) in [6, 6.07) is 13.7. The second-order valence-corrected chi connectivity index (χ2v) is 4.96. The summed E-state index contributed by atoms with van der Waals surface area (Å²) >= 11 is 0. The molecule has 2 unspecified atom stereocenters. The number of nitrogens with one attached hydrogen (secondary N) is 1. The van der Waals surface area contributed by atoms with Crippen LogP contribution in [0.5, 0.6) is 5.75 Å². The van der Waals surface area contributed by atoms with E-state index in [1.54, 1.807) is 6.07 Å². The van der Waals surface area contributed by atoms with Gasteiger partial charge in [-0.3, -0.25) is 4.98 Å². The first-order valence-electron chi connectivity index (χ1n) is 6.75. The summed E-state index contributed by atoms with van der Waals surface area (Å²) in [6.07, 6.45) is 1.58. The molecule has 0 bridgehead atoms. The number of aromatic nitrogens is 1. The van der Waals surface area contributed by atoms with Crippen molar-refractivity contribution in [2.24, 2.45) is 0 Å². The molecule has 2 rings (SSSR count). The quantitative estimate of drug-likeness (QED) is 0.753. The standard InChI is InChI=1S/C16H20N2O2/c1-12(9-13-5-3-2-4-6-13)17-11-16(20)15-8-7-14(19)10-18-15/h2-8,10,12,16-17,19-20H,9,11H2,1H3. The minimum atomic E-state index is -0.672. The Balaban J connectivity index is 1.81. The third kappa shape index (κ3) is 4.33. The number of pyridine rings is 1. The third-order valence-corrected chi connectivity index (χ3v) is 3.16. The van der Waals surface area contributed by atoms with Gasteiger partial charge in [0.25, 0.3) is 0 Å². The molecule has 0 aliphatic heterocycles. The van der Waals surface area contributed by atoms with E-state index in [-0.39, 0.29) is 11.8 Å². The number of hydrogen-bond donors (Lipinski definition) is 3. The van der Waals surface area contributed by atoms with Crippen LogP contribution in [0.4, 0.5) is 0 Å². The van der Waals surface area contributed by atoms with Crippen molar-refractivity contribution in [2.75, 3.05) is 6.54 Å². The monoisotopic (exact) mass is 272 g/mol. The summed E-state index contributed by atoms with van der Waals surface area (Å²) in [7, 11) is 0. The van der Waals surface area contributed by atoms with Gasteiger partial charge in [0, 0.05) is 12.6 Å². The lowest BCUT2D eigenvalue weighted by molar-refractivity contribution is 0.166. The normalized spacial score (nSPS) is 13.9. The van der Waals surface area contributed by atoms with Gasteiger partial charge in [-0.25, -0.2) is 0 Å². The molecule has 3 N–H and O–H groups in total. The van der Waals surface area contributed by atoms with Crippen LogP contribution >= 0.6 is 0 Å². The van der Waals surface area contributed by atoms with Gasteiger partial charge < -0.3 is 15.5 Å². The van der Waals surface area contributed by atoms with Crippen molar-refractivity contribution < 1.29 is 10.2 Å². The molecule has 0 saturated carbocycles. The molecule has 4 nitrogen and oxygen atoms in total. The van der Waals surface area contributed by atoms with Gasteiger partial charge in [0.05, 0.1) is 11.9 Å². The molecule has 0 spiro atoms. The van der Waals surface area contributed by atoms with Crippen LogP contribution in [0, 0.1) is 0 Å². The molecule has 0 aliphatic rings. The molecule has 0 radical (unpaired) electrons. The summed E-state index contributed by atoms with van der Waals surface area (Å²) in [6.45, 7) is 2.52. The zero-order valence-electron chi connectivity index (χ0n) is 11.5. The Bertz CT molecular complexity index is 514. The Morgan fingerprint density at radius 3 is 2.55 bits per heavy atom. The van der Waals surface area contributed by atoms with Crippen LogP contribution in [-0.4, -0.2) is 27.8 Å². The molecule has 1 aromatic heterocycles. The van der Waals surface area contributed by atoms with E-state index in [4.69, 9.17) is 5.11 Å². The van der Waals surface area contributed by atoms with Crippen molar-refractivity contribution in [2.45, 2.75) is 25.5 Å². The summed E-state index contributed by atoms with van der Waals surface area (Å²) in [5, 5.41) is 22.5. The molecule has 20 heavy (non-hydrogen) atoms. The van der Waals surface area contributed by atoms with Gasteiger partial charge in [0.15, 0.2) is 0 Å². The molecule has 4 heteroatoms. The first-order valence-corrected chi connectivity index (χ1v) is 6.75. The van der Waals surface area contributed by atoms with Crippen molar-refractivity contribution in [3.63, 3.8) is 0 Å². The van der Waals surface area contributed by atoms with Crippen LogP contribution in [0.2, 0.25) is 0 Å². The van der Waals surface area contributed by atoms with Crippen LogP contribution in [0.3, 0.4) is 0 Å². The van der Waals surface area contributed by atoms with Crippen LogP contribution < -0.4 is 5.32 Å². The third-order valence-electron chi connectivity index (χ3n) is 3.16. The maximum atomic E-state index is 10.0. The Morgan fingerprint density at radius 2 is 1.90 bits per heavy atom. The van der Waals surface area contributed by atoms with Crippen LogP contribution in [0.15, 0.2) is 48.7 Å². The zero-order chi connectivity index (χ0) is 14.4. The summed E-state index contributed by atoms with van der Waals surface area (Å²) in [5.41, 5.74) is 1.83. The predicted molar refractivity (Wildman–Crippen MR) is 78.5 cm³/mol. The molecule has 1 aromatic carbocycles. The molecule has 0 fully saturated rings. The highest BCUT2D eigenvalue weighted by Crippen LogP contribution is 2.13. The average molecular weight is 272 g/mol. The SMILES string of the molecule is CC(Cc1ccccc1)NCC(O)c1ccc(O)cn1. The van der Waals surface area contributed by atoms with Gasteiger partial charge in [-0.2, -0.15) is 0 Å². The van der Waals surface area contributed by atoms with Crippen LogP contribution in [-0.2, 0) is 6.42 Å². The molecule has 1 heterocycles. The topological polar surface area (TPSA) is 65.4 Å². The molecule has 2 aromatic rings. The number of aliphatic hydroxyl groups excluding tert-OH is 1. The highest BCUT2D eigenvalue weighted by atomic mass is 16.3. The Morgan fingerprint density at radius 1 is 1.15 bits per heavy atom. The smallest absolute Gasteiger partial charge is 0.133 e. The van der Waals surface area contributed by atoms with Crippen molar-refractivity contribution in [1.82, 2.24) is 10.3 Å². The molecule has 0 amide bonds. The highest BCUT2D eigenvalue weighted by Gasteiger charge is 2.11. The molecular formula is C16H20N2O2. The lowest BCUT2D eigenvalue weighted by Crippen LogP contribution is -2.32. The number of rotatable bonds is 6. The number of benzene rings is 1. The van der Waals surface area contributed by atoms with E-state index in [0.29, 0.717) is 12.2 Å². The van der Waals surface area contributed by atoms with Crippen molar-refractivity contribution in [3.8, 4) is 5.75 Å². The average Bonchev–Trinajstić information content (AvgIpc) is 2.46. The number of nitrogens with zero attached hydrogens (tertiary/aromatic N) is 1. The van der Waals surface area contributed by atoms with E-state index in [2.05, 4.69) is 29.4 Å². The largest absolute Gasteiger partial charge is 0.506 e. The summed E-state index contributed by atoms with van der Waals surface area (Å²) in [4.78, 5) is 4.00. The fourth-order valence-electron chi connectivity index (χ4n) is 2.05. The van der Waals surface area contributed by atoms with Crippen LogP contribution in [0.1, 0.15) is 24.3 Å².